The van der Waals surface area contributed by atoms with Crippen LogP contribution in [0.4, 0.5) is 5.69 Å². The predicted octanol–water partition coefficient (Wildman–Crippen LogP) is 2.60. The number of pyridine rings is 1. The van der Waals surface area contributed by atoms with Crippen molar-refractivity contribution in [3.05, 3.63) is 30.4 Å². The third-order valence-corrected chi connectivity index (χ3v) is 4.49. The van der Waals surface area contributed by atoms with Gasteiger partial charge in [-0.3, -0.25) is 0 Å². The SMILES string of the molecule is Nc1ccc2cnc(CC3CCSCC3)n2c1. The smallest absolute Gasteiger partial charge is 0.113 e. The molecule has 2 aromatic heterocycles. The molecule has 90 valence electrons. The summed E-state index contributed by atoms with van der Waals surface area (Å²) < 4.78 is 2.14. The van der Waals surface area contributed by atoms with E-state index in [9.17, 15) is 0 Å². The molecule has 0 bridgehead atoms. The highest BCUT2D eigenvalue weighted by molar-refractivity contribution is 7.99. The van der Waals surface area contributed by atoms with Crippen molar-refractivity contribution in [2.24, 2.45) is 5.92 Å². The molecule has 3 heterocycles. The van der Waals surface area contributed by atoms with Gasteiger partial charge in [0.2, 0.25) is 0 Å². The van der Waals surface area contributed by atoms with E-state index >= 15 is 0 Å². The van der Waals surface area contributed by atoms with Crippen LogP contribution >= 0.6 is 11.8 Å². The van der Waals surface area contributed by atoms with Gasteiger partial charge in [-0.15, -0.1) is 0 Å². The van der Waals surface area contributed by atoms with E-state index in [4.69, 9.17) is 5.73 Å². The Hall–Kier alpha value is -1.16. The second-order valence-corrected chi connectivity index (χ2v) is 5.92. The third kappa shape index (κ3) is 2.27. The molecule has 0 spiro atoms. The number of imidazole rings is 1. The van der Waals surface area contributed by atoms with E-state index in [0.717, 1.165) is 29.4 Å². The zero-order chi connectivity index (χ0) is 11.7. The van der Waals surface area contributed by atoms with Crippen LogP contribution in [0.3, 0.4) is 0 Å². The normalized spacial score (nSPS) is 17.6. The highest BCUT2D eigenvalue weighted by Gasteiger charge is 2.16. The molecule has 2 N–H and O–H groups in total. The molecule has 3 nitrogen and oxygen atoms in total. The largest absolute Gasteiger partial charge is 0.398 e. The number of nitrogens with zero attached hydrogens (tertiary/aromatic N) is 2. The van der Waals surface area contributed by atoms with Crippen molar-refractivity contribution < 1.29 is 0 Å². The molecule has 1 aliphatic rings. The van der Waals surface area contributed by atoms with Crippen molar-refractivity contribution in [2.75, 3.05) is 17.2 Å². The predicted molar refractivity (Wildman–Crippen MR) is 73.4 cm³/mol. The van der Waals surface area contributed by atoms with Crippen LogP contribution in [0.1, 0.15) is 18.7 Å². The summed E-state index contributed by atoms with van der Waals surface area (Å²) in [5.41, 5.74) is 7.77. The monoisotopic (exact) mass is 247 g/mol. The standard InChI is InChI=1S/C13H17N3S/c14-11-1-2-12-8-15-13(16(12)9-11)7-10-3-5-17-6-4-10/h1-2,8-10H,3-7,14H2. The van der Waals surface area contributed by atoms with Crippen LogP contribution in [0.5, 0.6) is 0 Å². The lowest BCUT2D eigenvalue weighted by molar-refractivity contribution is 0.475. The van der Waals surface area contributed by atoms with Crippen LogP contribution in [-0.4, -0.2) is 20.9 Å². The summed E-state index contributed by atoms with van der Waals surface area (Å²) in [7, 11) is 0. The highest BCUT2D eigenvalue weighted by atomic mass is 32.2. The van der Waals surface area contributed by atoms with Crippen molar-refractivity contribution in [1.29, 1.82) is 0 Å². The Labute approximate surface area is 105 Å². The third-order valence-electron chi connectivity index (χ3n) is 3.44. The fourth-order valence-corrected chi connectivity index (χ4v) is 3.62. The minimum atomic E-state index is 0.795. The van der Waals surface area contributed by atoms with Crippen LogP contribution < -0.4 is 5.73 Å². The van der Waals surface area contributed by atoms with Crippen molar-refractivity contribution in [3.8, 4) is 0 Å². The zero-order valence-electron chi connectivity index (χ0n) is 9.80. The molecule has 1 aliphatic heterocycles. The van der Waals surface area contributed by atoms with Gasteiger partial charge in [0.25, 0.3) is 0 Å². The Bertz CT molecular complexity index is 514. The van der Waals surface area contributed by atoms with Gasteiger partial charge in [0.05, 0.1) is 11.7 Å². The van der Waals surface area contributed by atoms with Crippen molar-refractivity contribution >= 4 is 23.0 Å². The van der Waals surface area contributed by atoms with Gasteiger partial charge in [0, 0.05) is 18.3 Å². The van der Waals surface area contributed by atoms with E-state index in [0.29, 0.717) is 0 Å². The first kappa shape index (κ1) is 11.0. The van der Waals surface area contributed by atoms with Crippen molar-refractivity contribution in [1.82, 2.24) is 9.38 Å². The maximum absolute atomic E-state index is 5.83. The van der Waals surface area contributed by atoms with Crippen molar-refractivity contribution in [3.63, 3.8) is 0 Å². The number of rotatable bonds is 2. The molecule has 0 atom stereocenters. The van der Waals surface area contributed by atoms with Crippen LogP contribution in [0.15, 0.2) is 24.5 Å². The molecule has 0 saturated carbocycles. The molecule has 4 heteroatoms. The second-order valence-electron chi connectivity index (χ2n) is 4.69. The number of hydrogen-bond donors (Lipinski definition) is 1. The van der Waals surface area contributed by atoms with E-state index in [1.165, 1.54) is 24.3 Å². The van der Waals surface area contributed by atoms with Gasteiger partial charge in [0.15, 0.2) is 0 Å². The van der Waals surface area contributed by atoms with E-state index in [1.807, 2.05) is 24.5 Å². The fraction of sp³-hybridized carbons (Fsp3) is 0.462. The van der Waals surface area contributed by atoms with Crippen molar-refractivity contribution in [2.45, 2.75) is 19.3 Å². The summed E-state index contributed by atoms with van der Waals surface area (Å²) in [4.78, 5) is 4.53. The molecule has 1 saturated heterocycles. The minimum absolute atomic E-state index is 0.795. The molecule has 3 rings (SSSR count). The first-order valence-electron chi connectivity index (χ1n) is 6.12. The Morgan fingerprint density at radius 2 is 2.18 bits per heavy atom. The molecule has 0 amide bonds. The van der Waals surface area contributed by atoms with E-state index in [2.05, 4.69) is 21.1 Å². The first-order chi connectivity index (χ1) is 8.33. The van der Waals surface area contributed by atoms with Crippen LogP contribution in [-0.2, 0) is 6.42 Å². The second kappa shape index (κ2) is 4.61. The lowest BCUT2D eigenvalue weighted by Gasteiger charge is -2.20. The number of aromatic nitrogens is 2. The molecule has 1 fully saturated rings. The summed E-state index contributed by atoms with van der Waals surface area (Å²) in [6, 6.07) is 3.96. The molecular weight excluding hydrogens is 230 g/mol. The number of nitrogens with two attached hydrogens (primary N) is 1. The maximum Gasteiger partial charge on any atom is 0.113 e. The summed E-state index contributed by atoms with van der Waals surface area (Å²) >= 11 is 2.07. The summed E-state index contributed by atoms with van der Waals surface area (Å²) in [5.74, 6) is 4.55. The molecule has 0 unspecified atom stereocenters. The van der Waals surface area contributed by atoms with Gasteiger partial charge in [-0.2, -0.15) is 11.8 Å². The van der Waals surface area contributed by atoms with Gasteiger partial charge in [-0.1, -0.05) is 0 Å². The summed E-state index contributed by atoms with van der Waals surface area (Å²) in [5, 5.41) is 0. The highest BCUT2D eigenvalue weighted by Crippen LogP contribution is 2.26. The van der Waals surface area contributed by atoms with E-state index in [1.54, 1.807) is 0 Å². The van der Waals surface area contributed by atoms with Gasteiger partial charge in [-0.25, -0.2) is 4.98 Å². The molecule has 0 aromatic carbocycles. The Morgan fingerprint density at radius 1 is 1.35 bits per heavy atom. The fourth-order valence-electron chi connectivity index (χ4n) is 2.42. The van der Waals surface area contributed by atoms with Gasteiger partial charge < -0.3 is 10.1 Å². The quantitative estimate of drug-likeness (QED) is 0.887. The lowest BCUT2D eigenvalue weighted by Crippen LogP contribution is -2.14. The molecular formula is C13H17N3S. The number of anilines is 1. The molecule has 17 heavy (non-hydrogen) atoms. The average Bonchev–Trinajstić information content (AvgIpc) is 2.73. The number of hydrogen-bond acceptors (Lipinski definition) is 3. The van der Waals surface area contributed by atoms with Crippen LogP contribution in [0, 0.1) is 5.92 Å². The lowest BCUT2D eigenvalue weighted by atomic mass is 9.98. The van der Waals surface area contributed by atoms with Gasteiger partial charge in [0.1, 0.15) is 5.82 Å². The minimum Gasteiger partial charge on any atom is -0.398 e. The van der Waals surface area contributed by atoms with Crippen LogP contribution in [0.2, 0.25) is 0 Å². The van der Waals surface area contributed by atoms with Crippen LogP contribution in [0.25, 0.3) is 5.52 Å². The number of thioether (sulfide) groups is 1. The molecule has 2 aromatic rings. The molecule has 0 aliphatic carbocycles. The average molecular weight is 247 g/mol. The van der Waals surface area contributed by atoms with E-state index < -0.39 is 0 Å². The van der Waals surface area contributed by atoms with Gasteiger partial charge in [-0.05, 0) is 42.4 Å². The first-order valence-corrected chi connectivity index (χ1v) is 7.27. The molecule has 0 radical (unpaired) electrons. The Balaban J connectivity index is 1.86. The number of nitrogen functional groups attached to an aromatic ring is 1. The number of fused-ring (bicyclic) bond motifs is 1. The Morgan fingerprint density at radius 3 is 3.00 bits per heavy atom. The summed E-state index contributed by atoms with van der Waals surface area (Å²) in [6.45, 7) is 0. The topological polar surface area (TPSA) is 43.3 Å². The van der Waals surface area contributed by atoms with Gasteiger partial charge >= 0.3 is 0 Å². The zero-order valence-corrected chi connectivity index (χ0v) is 10.6. The van der Waals surface area contributed by atoms with E-state index in [-0.39, 0.29) is 0 Å². The maximum atomic E-state index is 5.83. The summed E-state index contributed by atoms with van der Waals surface area (Å²) in [6.07, 6.45) is 7.64. The Kier molecular flexibility index (Phi) is 2.97.